The van der Waals surface area contributed by atoms with E-state index in [-0.39, 0.29) is 24.3 Å². The van der Waals surface area contributed by atoms with E-state index in [9.17, 15) is 14.4 Å². The standard InChI is InChI=1S/C31H43N5O5/c32-13-18-40-19-20-41-24-30(38)35-23-27-6-3-8-28(21-27)31(39)36-16-11-25(12-17-36)5-1-2-15-34-29(37)10-9-26-7-4-14-33-22-26/h3-4,6-10,14,21-22,25H,1-2,5,11-13,15-20,23-24,32H2,(H,34,37)(H,35,38)/b10-9+. The minimum Gasteiger partial charge on any atom is -0.378 e. The van der Waals surface area contributed by atoms with Crippen LogP contribution in [0.5, 0.6) is 0 Å². The Morgan fingerprint density at radius 3 is 2.63 bits per heavy atom. The molecule has 1 aromatic carbocycles. The van der Waals surface area contributed by atoms with Gasteiger partial charge in [0, 0.05) is 56.8 Å². The molecule has 3 rings (SSSR count). The molecule has 1 aliphatic heterocycles. The largest absolute Gasteiger partial charge is 0.378 e. The average Bonchev–Trinajstić information content (AvgIpc) is 3.01. The Balaban J connectivity index is 1.28. The lowest BCUT2D eigenvalue weighted by molar-refractivity contribution is -0.126. The van der Waals surface area contributed by atoms with Gasteiger partial charge < -0.3 is 30.7 Å². The Morgan fingerprint density at radius 1 is 1.02 bits per heavy atom. The number of pyridine rings is 1. The van der Waals surface area contributed by atoms with Crippen molar-refractivity contribution >= 4 is 23.8 Å². The van der Waals surface area contributed by atoms with Crippen LogP contribution in [0.2, 0.25) is 0 Å². The second-order valence-corrected chi connectivity index (χ2v) is 10.1. The van der Waals surface area contributed by atoms with E-state index in [0.717, 1.165) is 56.3 Å². The topological polar surface area (TPSA) is 136 Å². The molecule has 0 atom stereocenters. The van der Waals surface area contributed by atoms with Gasteiger partial charge in [-0.3, -0.25) is 19.4 Å². The third-order valence-electron chi connectivity index (χ3n) is 6.88. The number of nitrogens with one attached hydrogen (secondary N) is 2. The van der Waals surface area contributed by atoms with E-state index in [2.05, 4.69) is 15.6 Å². The summed E-state index contributed by atoms with van der Waals surface area (Å²) in [4.78, 5) is 43.0. The van der Waals surface area contributed by atoms with Crippen molar-refractivity contribution in [3.05, 3.63) is 71.6 Å². The highest BCUT2D eigenvalue weighted by atomic mass is 16.5. The predicted octanol–water partition coefficient (Wildman–Crippen LogP) is 2.54. The van der Waals surface area contributed by atoms with Crippen LogP contribution in [-0.4, -0.2) is 80.2 Å². The number of aromatic nitrogens is 1. The summed E-state index contributed by atoms with van der Waals surface area (Å²) in [5, 5.41) is 5.75. The molecular formula is C31H43N5O5. The zero-order valence-electron chi connectivity index (χ0n) is 23.8. The summed E-state index contributed by atoms with van der Waals surface area (Å²) in [6.07, 6.45) is 11.8. The van der Waals surface area contributed by atoms with E-state index in [1.54, 1.807) is 18.5 Å². The van der Waals surface area contributed by atoms with Crippen molar-refractivity contribution in [3.63, 3.8) is 0 Å². The molecular weight excluding hydrogens is 522 g/mol. The average molecular weight is 566 g/mol. The van der Waals surface area contributed by atoms with Crippen LogP contribution in [0.25, 0.3) is 6.08 Å². The summed E-state index contributed by atoms with van der Waals surface area (Å²) in [5.41, 5.74) is 7.74. The third-order valence-corrected chi connectivity index (χ3v) is 6.88. The van der Waals surface area contributed by atoms with Gasteiger partial charge in [0.05, 0.1) is 19.8 Å². The molecule has 1 fully saturated rings. The molecule has 0 saturated carbocycles. The Hall–Kier alpha value is -3.60. The van der Waals surface area contributed by atoms with Gasteiger partial charge in [-0.15, -0.1) is 0 Å². The zero-order chi connectivity index (χ0) is 29.1. The van der Waals surface area contributed by atoms with Crippen LogP contribution in [0.1, 0.15) is 53.6 Å². The van der Waals surface area contributed by atoms with Crippen molar-refractivity contribution in [2.24, 2.45) is 11.7 Å². The molecule has 10 nitrogen and oxygen atoms in total. The number of nitrogens with two attached hydrogens (primary N) is 1. The Morgan fingerprint density at radius 2 is 1.85 bits per heavy atom. The van der Waals surface area contributed by atoms with Gasteiger partial charge in [0.15, 0.2) is 0 Å². The maximum absolute atomic E-state index is 13.1. The number of hydrogen-bond donors (Lipinski definition) is 3. The molecule has 10 heteroatoms. The first-order valence-electron chi connectivity index (χ1n) is 14.4. The van der Waals surface area contributed by atoms with Crippen LogP contribution >= 0.6 is 0 Å². The highest BCUT2D eigenvalue weighted by Gasteiger charge is 2.23. The predicted molar refractivity (Wildman–Crippen MR) is 158 cm³/mol. The quantitative estimate of drug-likeness (QED) is 0.198. The lowest BCUT2D eigenvalue weighted by Gasteiger charge is -2.32. The second kappa shape index (κ2) is 18.7. The summed E-state index contributed by atoms with van der Waals surface area (Å²) in [6.45, 7) is 4.08. The molecule has 41 heavy (non-hydrogen) atoms. The van der Waals surface area contributed by atoms with Gasteiger partial charge in [-0.25, -0.2) is 0 Å². The van der Waals surface area contributed by atoms with Gasteiger partial charge in [-0.2, -0.15) is 0 Å². The van der Waals surface area contributed by atoms with E-state index >= 15 is 0 Å². The molecule has 0 bridgehead atoms. The van der Waals surface area contributed by atoms with Crippen molar-refractivity contribution in [1.82, 2.24) is 20.5 Å². The van der Waals surface area contributed by atoms with Crippen molar-refractivity contribution in [1.29, 1.82) is 0 Å². The smallest absolute Gasteiger partial charge is 0.253 e. The number of hydrogen-bond acceptors (Lipinski definition) is 7. The van der Waals surface area contributed by atoms with Crippen LogP contribution in [0.4, 0.5) is 0 Å². The molecule has 2 aromatic rings. The Bertz CT molecular complexity index is 1100. The summed E-state index contributed by atoms with van der Waals surface area (Å²) in [5.74, 6) is 0.305. The van der Waals surface area contributed by atoms with E-state index in [0.29, 0.717) is 50.9 Å². The summed E-state index contributed by atoms with van der Waals surface area (Å²) >= 11 is 0. The number of likely N-dealkylation sites (tertiary alicyclic amines) is 1. The fourth-order valence-corrected chi connectivity index (χ4v) is 4.62. The molecule has 0 unspecified atom stereocenters. The lowest BCUT2D eigenvalue weighted by Crippen LogP contribution is -2.38. The summed E-state index contributed by atoms with van der Waals surface area (Å²) < 4.78 is 10.5. The van der Waals surface area contributed by atoms with Crippen LogP contribution in [0.15, 0.2) is 54.9 Å². The number of carbonyl (C=O) groups is 3. The molecule has 222 valence electrons. The SMILES string of the molecule is NCCOCCOCC(=O)NCc1cccc(C(=O)N2CCC(CCCCNC(=O)/C=C/c3cccnc3)CC2)c1. The maximum atomic E-state index is 13.1. The summed E-state index contributed by atoms with van der Waals surface area (Å²) in [7, 11) is 0. The molecule has 1 saturated heterocycles. The summed E-state index contributed by atoms with van der Waals surface area (Å²) in [6, 6.07) is 11.1. The van der Waals surface area contributed by atoms with E-state index in [1.165, 1.54) is 6.08 Å². The second-order valence-electron chi connectivity index (χ2n) is 10.1. The van der Waals surface area contributed by atoms with Gasteiger partial charge in [-0.1, -0.05) is 31.0 Å². The first-order chi connectivity index (χ1) is 20.0. The van der Waals surface area contributed by atoms with Crippen molar-refractivity contribution in [2.75, 3.05) is 52.6 Å². The number of ether oxygens (including phenoxy) is 2. The highest BCUT2D eigenvalue weighted by molar-refractivity contribution is 5.94. The normalized spacial score (nSPS) is 13.8. The van der Waals surface area contributed by atoms with Crippen LogP contribution < -0.4 is 16.4 Å². The molecule has 4 N–H and O–H groups in total. The van der Waals surface area contributed by atoms with Gasteiger partial charge in [0.2, 0.25) is 11.8 Å². The minimum absolute atomic E-state index is 0.0273. The van der Waals surface area contributed by atoms with Crippen molar-refractivity contribution in [2.45, 2.75) is 38.6 Å². The molecule has 2 heterocycles. The van der Waals surface area contributed by atoms with Crippen LogP contribution in [-0.2, 0) is 25.6 Å². The highest BCUT2D eigenvalue weighted by Crippen LogP contribution is 2.24. The first-order valence-corrected chi connectivity index (χ1v) is 14.4. The number of amides is 3. The van der Waals surface area contributed by atoms with Gasteiger partial charge in [-0.05, 0) is 60.6 Å². The zero-order valence-corrected chi connectivity index (χ0v) is 23.8. The Labute approximate surface area is 242 Å². The van der Waals surface area contributed by atoms with Crippen molar-refractivity contribution in [3.8, 4) is 0 Å². The maximum Gasteiger partial charge on any atom is 0.253 e. The van der Waals surface area contributed by atoms with Gasteiger partial charge in [0.1, 0.15) is 6.61 Å². The number of carbonyl (C=O) groups excluding carboxylic acids is 3. The molecule has 0 radical (unpaired) electrons. The lowest BCUT2D eigenvalue weighted by atomic mass is 9.91. The monoisotopic (exact) mass is 565 g/mol. The number of nitrogens with zero attached hydrogens (tertiary/aromatic N) is 2. The van der Waals surface area contributed by atoms with E-state index in [1.807, 2.05) is 41.3 Å². The molecule has 3 amide bonds. The van der Waals surface area contributed by atoms with Gasteiger partial charge in [0.25, 0.3) is 5.91 Å². The Kier molecular flexibility index (Phi) is 14.6. The molecule has 1 aromatic heterocycles. The van der Waals surface area contributed by atoms with E-state index < -0.39 is 0 Å². The number of piperidine rings is 1. The van der Waals surface area contributed by atoms with Crippen LogP contribution in [0, 0.1) is 5.92 Å². The van der Waals surface area contributed by atoms with Crippen LogP contribution in [0.3, 0.4) is 0 Å². The molecule has 0 aliphatic carbocycles. The van der Waals surface area contributed by atoms with E-state index in [4.69, 9.17) is 15.2 Å². The number of unbranched alkanes of at least 4 members (excludes halogenated alkanes) is 1. The number of benzene rings is 1. The third kappa shape index (κ3) is 12.6. The molecule has 1 aliphatic rings. The number of rotatable bonds is 17. The first kappa shape index (κ1) is 31.9. The fraction of sp³-hybridized carbons (Fsp3) is 0.484. The van der Waals surface area contributed by atoms with Gasteiger partial charge >= 0.3 is 0 Å². The molecule has 0 spiro atoms. The minimum atomic E-state index is -0.220. The van der Waals surface area contributed by atoms with Crippen molar-refractivity contribution < 1.29 is 23.9 Å². The fourth-order valence-electron chi connectivity index (χ4n) is 4.62.